The highest BCUT2D eigenvalue weighted by Crippen LogP contribution is 1.94. The van der Waals surface area contributed by atoms with Crippen molar-refractivity contribution in [2.75, 3.05) is 0 Å². The van der Waals surface area contributed by atoms with Gasteiger partial charge in [0.15, 0.2) is 6.29 Å². The quantitative estimate of drug-likeness (QED) is 0.394. The number of nitrogens with two attached hydrogens (primary N) is 1. The molecule has 0 amide bonds. The molecule has 0 aliphatic rings. The number of aldehydes is 1. The average molecular weight is 159 g/mol. The summed E-state index contributed by atoms with van der Waals surface area (Å²) in [5, 5.41) is 8.16. The van der Waals surface area contributed by atoms with Crippen molar-refractivity contribution in [2.45, 2.75) is 18.9 Å². The van der Waals surface area contributed by atoms with E-state index in [4.69, 9.17) is 10.8 Å². The molecule has 0 aromatic rings. The average Bonchev–Trinajstić information content (AvgIpc) is 1.98. The summed E-state index contributed by atoms with van der Waals surface area (Å²) in [5.74, 6) is -1.79. The molecule has 1 atom stereocenters. The number of aliphatic carboxylic acids is 1. The molecule has 0 rings (SSSR count). The third-order valence-corrected chi connectivity index (χ3v) is 1.15. The highest BCUT2D eigenvalue weighted by atomic mass is 16.4. The van der Waals surface area contributed by atoms with Crippen LogP contribution < -0.4 is 5.73 Å². The molecule has 3 N–H and O–H groups in total. The van der Waals surface area contributed by atoms with Crippen LogP contribution in [0.15, 0.2) is 0 Å². The van der Waals surface area contributed by atoms with E-state index < -0.39 is 17.8 Å². The number of carbonyl (C=O) groups is 3. The van der Waals surface area contributed by atoms with Crippen molar-refractivity contribution < 1.29 is 19.5 Å². The molecule has 0 unspecified atom stereocenters. The number of carboxylic acids is 1. The van der Waals surface area contributed by atoms with Gasteiger partial charge in [0, 0.05) is 6.42 Å². The Kier molecular flexibility index (Phi) is 4.05. The molecule has 0 fully saturated rings. The first kappa shape index (κ1) is 9.77. The van der Waals surface area contributed by atoms with Gasteiger partial charge in [-0.15, -0.1) is 0 Å². The Morgan fingerprint density at radius 3 is 2.45 bits per heavy atom. The van der Waals surface area contributed by atoms with Crippen molar-refractivity contribution in [2.24, 2.45) is 5.73 Å². The first-order chi connectivity index (χ1) is 5.07. The van der Waals surface area contributed by atoms with Gasteiger partial charge in [0.25, 0.3) is 0 Å². The molecule has 0 spiro atoms. The molecule has 62 valence electrons. The van der Waals surface area contributed by atoms with Gasteiger partial charge in [-0.3, -0.25) is 14.4 Å². The summed E-state index contributed by atoms with van der Waals surface area (Å²) in [5.41, 5.74) is 5.13. The number of carboxylic acid groups (broad SMARTS) is 1. The lowest BCUT2D eigenvalue weighted by atomic mass is 10.1. The molecule has 0 saturated carbocycles. The second kappa shape index (κ2) is 4.56. The minimum atomic E-state index is -1.03. The van der Waals surface area contributed by atoms with E-state index in [0.29, 0.717) is 0 Å². The van der Waals surface area contributed by atoms with E-state index in [2.05, 4.69) is 0 Å². The maximum atomic E-state index is 10.4. The lowest BCUT2D eigenvalue weighted by molar-refractivity contribution is -0.137. The minimum absolute atomic E-state index is 0.00685. The normalized spacial score (nSPS) is 12.1. The number of hydrogen-bond donors (Lipinski definition) is 2. The maximum absolute atomic E-state index is 10.4. The van der Waals surface area contributed by atoms with E-state index in [1.165, 1.54) is 0 Å². The third-order valence-electron chi connectivity index (χ3n) is 1.15. The van der Waals surface area contributed by atoms with E-state index in [1.54, 1.807) is 0 Å². The van der Waals surface area contributed by atoms with Crippen LogP contribution in [0.3, 0.4) is 0 Å². The lowest BCUT2D eigenvalue weighted by Crippen LogP contribution is -2.31. The van der Waals surface area contributed by atoms with Gasteiger partial charge in [0.2, 0.25) is 5.78 Å². The first-order valence-corrected chi connectivity index (χ1v) is 3.04. The molecule has 5 heteroatoms. The first-order valence-electron chi connectivity index (χ1n) is 3.04. The van der Waals surface area contributed by atoms with Crippen LogP contribution in [0.2, 0.25) is 0 Å². The van der Waals surface area contributed by atoms with Crippen LogP contribution in [0.25, 0.3) is 0 Å². The van der Waals surface area contributed by atoms with Gasteiger partial charge in [-0.2, -0.15) is 0 Å². The molecule has 0 aliphatic carbocycles. The molecule has 0 aromatic carbocycles. The second-order valence-corrected chi connectivity index (χ2v) is 2.06. The van der Waals surface area contributed by atoms with Crippen LogP contribution >= 0.6 is 0 Å². The van der Waals surface area contributed by atoms with Crippen molar-refractivity contribution in [3.63, 3.8) is 0 Å². The number of carbonyl (C=O) groups excluding carboxylic acids is 2. The summed E-state index contributed by atoms with van der Waals surface area (Å²) in [7, 11) is 0. The molecule has 0 radical (unpaired) electrons. The minimum Gasteiger partial charge on any atom is -0.481 e. The highest BCUT2D eigenvalue weighted by molar-refractivity contribution is 6.27. The summed E-state index contributed by atoms with van der Waals surface area (Å²) in [4.78, 5) is 30.2. The van der Waals surface area contributed by atoms with Crippen LogP contribution in [0.5, 0.6) is 0 Å². The maximum Gasteiger partial charge on any atom is 0.303 e. The van der Waals surface area contributed by atoms with E-state index in [-0.39, 0.29) is 19.1 Å². The van der Waals surface area contributed by atoms with E-state index in [0.717, 1.165) is 0 Å². The molecule has 0 aromatic heterocycles. The van der Waals surface area contributed by atoms with Gasteiger partial charge in [-0.05, 0) is 6.42 Å². The fourth-order valence-electron chi connectivity index (χ4n) is 0.509. The molecular weight excluding hydrogens is 150 g/mol. The van der Waals surface area contributed by atoms with Crippen LogP contribution in [-0.2, 0) is 14.4 Å². The van der Waals surface area contributed by atoms with E-state index in [9.17, 15) is 14.4 Å². The largest absolute Gasteiger partial charge is 0.481 e. The Balaban J connectivity index is 3.68. The number of ketones is 1. The molecule has 0 bridgehead atoms. The molecule has 0 heterocycles. The molecule has 11 heavy (non-hydrogen) atoms. The smallest absolute Gasteiger partial charge is 0.303 e. The Hall–Kier alpha value is -1.23. The van der Waals surface area contributed by atoms with Crippen LogP contribution in [-0.4, -0.2) is 29.2 Å². The predicted molar refractivity (Wildman–Crippen MR) is 35.9 cm³/mol. The summed E-state index contributed by atoms with van der Waals surface area (Å²) < 4.78 is 0. The number of rotatable bonds is 5. The molecule has 0 aliphatic heterocycles. The fraction of sp³-hybridized carbons (Fsp3) is 0.500. The zero-order valence-corrected chi connectivity index (χ0v) is 5.82. The third kappa shape index (κ3) is 4.21. The van der Waals surface area contributed by atoms with E-state index in [1.807, 2.05) is 0 Å². The standard InChI is InChI=1S/C6H9NO4/c7-4(5(9)3-8)1-2-6(10)11/h3-4H,1-2,7H2,(H,10,11)/t4-/m0/s1. The Bertz CT molecular complexity index is 177. The zero-order valence-electron chi connectivity index (χ0n) is 5.82. The van der Waals surface area contributed by atoms with Gasteiger partial charge in [-0.25, -0.2) is 0 Å². The van der Waals surface area contributed by atoms with Crippen LogP contribution in [0, 0.1) is 0 Å². The predicted octanol–water partition coefficient (Wildman–Crippen LogP) is -1.05. The second-order valence-electron chi connectivity index (χ2n) is 2.06. The van der Waals surface area contributed by atoms with Crippen molar-refractivity contribution in [1.29, 1.82) is 0 Å². The Morgan fingerprint density at radius 1 is 1.55 bits per heavy atom. The summed E-state index contributed by atoms with van der Waals surface area (Å²) in [6, 6.07) is -0.969. The highest BCUT2D eigenvalue weighted by Gasteiger charge is 2.12. The van der Waals surface area contributed by atoms with Gasteiger partial charge in [0.1, 0.15) is 0 Å². The van der Waals surface area contributed by atoms with Crippen molar-refractivity contribution in [3.8, 4) is 0 Å². The fourth-order valence-corrected chi connectivity index (χ4v) is 0.509. The molecular formula is C6H9NO4. The van der Waals surface area contributed by atoms with Gasteiger partial charge in [0.05, 0.1) is 6.04 Å². The van der Waals surface area contributed by atoms with Gasteiger partial charge in [-0.1, -0.05) is 0 Å². The summed E-state index contributed by atoms with van der Waals surface area (Å²) in [6.45, 7) is 0. The van der Waals surface area contributed by atoms with Crippen molar-refractivity contribution in [3.05, 3.63) is 0 Å². The zero-order chi connectivity index (χ0) is 8.85. The number of hydrogen-bond acceptors (Lipinski definition) is 4. The summed E-state index contributed by atoms with van der Waals surface area (Å²) in [6.07, 6.45) is -0.0832. The van der Waals surface area contributed by atoms with Gasteiger partial charge < -0.3 is 10.8 Å². The van der Waals surface area contributed by atoms with E-state index >= 15 is 0 Å². The molecule has 5 nitrogen and oxygen atoms in total. The van der Waals surface area contributed by atoms with Crippen LogP contribution in [0.4, 0.5) is 0 Å². The van der Waals surface area contributed by atoms with Crippen molar-refractivity contribution >= 4 is 18.0 Å². The lowest BCUT2D eigenvalue weighted by Gasteiger charge is -2.02. The SMILES string of the molecule is N[C@@H](CCC(=O)O)C(=O)C=O. The monoisotopic (exact) mass is 159 g/mol. The number of Topliss-reactive ketones (excluding diaryl/α,β-unsaturated/α-hetero) is 1. The van der Waals surface area contributed by atoms with Crippen LogP contribution in [0.1, 0.15) is 12.8 Å². The van der Waals surface area contributed by atoms with Gasteiger partial charge >= 0.3 is 5.97 Å². The summed E-state index contributed by atoms with van der Waals surface area (Å²) >= 11 is 0. The Morgan fingerprint density at radius 2 is 2.09 bits per heavy atom. The van der Waals surface area contributed by atoms with Crippen molar-refractivity contribution in [1.82, 2.24) is 0 Å². The topological polar surface area (TPSA) is 97.5 Å². The molecule has 0 saturated heterocycles. The Labute approximate surface area is 63.2 Å².